The van der Waals surface area contributed by atoms with E-state index >= 15 is 0 Å². The van der Waals surface area contributed by atoms with E-state index in [1.807, 2.05) is 42.5 Å². The van der Waals surface area contributed by atoms with Crippen LogP contribution < -0.4 is 9.64 Å². The fourth-order valence-electron chi connectivity index (χ4n) is 2.68. The second kappa shape index (κ2) is 4.31. The SMILES string of the molecule is O=C1C(=O)N(c2ccccc2)C2=Cc3ccccc3OC12. The average molecular weight is 277 g/mol. The Morgan fingerprint density at radius 1 is 0.905 bits per heavy atom. The molecule has 0 aliphatic carbocycles. The lowest BCUT2D eigenvalue weighted by Crippen LogP contribution is -2.27. The van der Waals surface area contributed by atoms with Crippen LogP contribution in [0.25, 0.3) is 6.08 Å². The first kappa shape index (κ1) is 11.9. The first-order chi connectivity index (χ1) is 10.3. The highest BCUT2D eigenvalue weighted by Gasteiger charge is 2.47. The van der Waals surface area contributed by atoms with E-state index in [0.717, 1.165) is 5.56 Å². The summed E-state index contributed by atoms with van der Waals surface area (Å²) in [6, 6.07) is 16.6. The standard InChI is InChI=1S/C17H11NO3/c19-15-16-13(10-11-6-4-5-9-14(11)21-16)18(17(15)20)12-7-2-1-3-8-12/h1-10,16H. The molecule has 0 saturated carbocycles. The first-order valence-electron chi connectivity index (χ1n) is 6.66. The maximum atomic E-state index is 12.3. The van der Waals surface area contributed by atoms with Gasteiger partial charge in [0, 0.05) is 11.3 Å². The number of ketones is 1. The summed E-state index contributed by atoms with van der Waals surface area (Å²) in [5, 5.41) is 0. The molecule has 1 atom stereocenters. The highest BCUT2D eigenvalue weighted by molar-refractivity contribution is 6.48. The number of ether oxygens (including phenoxy) is 1. The van der Waals surface area contributed by atoms with E-state index in [1.54, 1.807) is 18.2 Å². The van der Waals surface area contributed by atoms with E-state index in [2.05, 4.69) is 0 Å². The van der Waals surface area contributed by atoms with Crippen LogP contribution in [0, 0.1) is 0 Å². The summed E-state index contributed by atoms with van der Waals surface area (Å²) in [7, 11) is 0. The zero-order chi connectivity index (χ0) is 14.4. The molecular weight excluding hydrogens is 266 g/mol. The maximum absolute atomic E-state index is 12.3. The van der Waals surface area contributed by atoms with Crippen LogP contribution in [0.5, 0.6) is 5.75 Å². The lowest BCUT2D eigenvalue weighted by Gasteiger charge is -2.24. The van der Waals surface area contributed by atoms with Crippen LogP contribution in [0.4, 0.5) is 5.69 Å². The van der Waals surface area contributed by atoms with Gasteiger partial charge in [0.25, 0.3) is 5.78 Å². The molecule has 0 N–H and O–H groups in total. The second-order valence-corrected chi connectivity index (χ2v) is 4.95. The molecule has 21 heavy (non-hydrogen) atoms. The summed E-state index contributed by atoms with van der Waals surface area (Å²) in [5.74, 6) is -0.452. The minimum Gasteiger partial charge on any atom is -0.475 e. The number of fused-ring (bicyclic) bond motifs is 2. The number of benzene rings is 2. The molecule has 1 amide bonds. The minimum atomic E-state index is -0.840. The van der Waals surface area contributed by atoms with Crippen LogP contribution in [-0.4, -0.2) is 17.8 Å². The Morgan fingerprint density at radius 3 is 2.43 bits per heavy atom. The molecule has 0 aromatic heterocycles. The molecule has 2 aliphatic heterocycles. The van der Waals surface area contributed by atoms with Crippen molar-refractivity contribution in [3.8, 4) is 5.75 Å². The molecule has 0 bridgehead atoms. The van der Waals surface area contributed by atoms with Gasteiger partial charge in [0.2, 0.25) is 6.10 Å². The number of Topliss-reactive ketones (excluding diaryl/α,β-unsaturated/α-hetero) is 1. The molecule has 1 fully saturated rings. The topological polar surface area (TPSA) is 46.6 Å². The van der Waals surface area contributed by atoms with Crippen molar-refractivity contribution in [1.82, 2.24) is 0 Å². The second-order valence-electron chi connectivity index (χ2n) is 4.95. The van der Waals surface area contributed by atoms with Crippen LogP contribution in [0.15, 0.2) is 60.3 Å². The highest BCUT2D eigenvalue weighted by atomic mass is 16.5. The molecular formula is C17H11NO3. The van der Waals surface area contributed by atoms with Gasteiger partial charge in [0.15, 0.2) is 0 Å². The zero-order valence-corrected chi connectivity index (χ0v) is 11.0. The zero-order valence-electron chi connectivity index (χ0n) is 11.0. The van der Waals surface area contributed by atoms with Crippen LogP contribution in [0.2, 0.25) is 0 Å². The predicted octanol–water partition coefficient (Wildman–Crippen LogP) is 2.40. The van der Waals surface area contributed by atoms with Gasteiger partial charge in [-0.3, -0.25) is 14.5 Å². The van der Waals surface area contributed by atoms with Gasteiger partial charge in [-0.05, 0) is 24.3 Å². The summed E-state index contributed by atoms with van der Waals surface area (Å²) >= 11 is 0. The van der Waals surface area contributed by atoms with Gasteiger partial charge < -0.3 is 4.74 Å². The molecule has 102 valence electrons. The van der Waals surface area contributed by atoms with Crippen LogP contribution in [0.1, 0.15) is 5.56 Å². The quantitative estimate of drug-likeness (QED) is 0.752. The normalized spacial score (nSPS) is 19.7. The van der Waals surface area contributed by atoms with Gasteiger partial charge in [-0.2, -0.15) is 0 Å². The van der Waals surface area contributed by atoms with Gasteiger partial charge in [-0.1, -0.05) is 36.4 Å². The van der Waals surface area contributed by atoms with Crippen molar-refractivity contribution in [1.29, 1.82) is 0 Å². The fraction of sp³-hybridized carbons (Fsp3) is 0.0588. The first-order valence-corrected chi connectivity index (χ1v) is 6.66. The van der Waals surface area contributed by atoms with Crippen molar-refractivity contribution in [3.05, 3.63) is 65.9 Å². The Kier molecular flexibility index (Phi) is 2.44. The van der Waals surface area contributed by atoms with Gasteiger partial charge in [0.05, 0.1) is 5.70 Å². The lowest BCUT2D eigenvalue weighted by atomic mass is 10.1. The van der Waals surface area contributed by atoms with Gasteiger partial charge in [-0.15, -0.1) is 0 Å². The molecule has 0 spiro atoms. The number of anilines is 1. The number of hydrogen-bond acceptors (Lipinski definition) is 3. The number of para-hydroxylation sites is 2. The largest absolute Gasteiger partial charge is 0.475 e. The van der Waals surface area contributed by atoms with E-state index in [1.165, 1.54) is 4.90 Å². The molecule has 4 heteroatoms. The average Bonchev–Trinajstić information content (AvgIpc) is 2.77. The molecule has 1 unspecified atom stereocenters. The third kappa shape index (κ3) is 1.69. The molecule has 1 saturated heterocycles. The van der Waals surface area contributed by atoms with E-state index in [9.17, 15) is 9.59 Å². The number of rotatable bonds is 1. The summed E-state index contributed by atoms with van der Waals surface area (Å²) < 4.78 is 5.71. The van der Waals surface area contributed by atoms with E-state index in [4.69, 9.17) is 4.74 Å². The summed E-state index contributed by atoms with van der Waals surface area (Å²) in [4.78, 5) is 25.9. The maximum Gasteiger partial charge on any atom is 0.303 e. The van der Waals surface area contributed by atoms with Crippen molar-refractivity contribution in [2.45, 2.75) is 6.10 Å². The fourth-order valence-corrected chi connectivity index (χ4v) is 2.68. The van der Waals surface area contributed by atoms with Gasteiger partial charge in [0.1, 0.15) is 5.75 Å². The lowest BCUT2D eigenvalue weighted by molar-refractivity contribution is -0.136. The Balaban J connectivity index is 1.88. The third-order valence-corrected chi connectivity index (χ3v) is 3.66. The van der Waals surface area contributed by atoms with E-state index < -0.39 is 17.8 Å². The summed E-state index contributed by atoms with van der Waals surface area (Å²) in [5.41, 5.74) is 2.12. The Labute approximate surface area is 121 Å². The Bertz CT molecular complexity index is 780. The Morgan fingerprint density at radius 2 is 1.62 bits per heavy atom. The number of carbonyl (C=O) groups excluding carboxylic acids is 2. The summed E-state index contributed by atoms with van der Waals surface area (Å²) in [6.45, 7) is 0. The van der Waals surface area contributed by atoms with Gasteiger partial charge >= 0.3 is 5.91 Å². The molecule has 4 nitrogen and oxygen atoms in total. The number of nitrogens with zero attached hydrogens (tertiary/aromatic N) is 1. The minimum absolute atomic E-state index is 0.528. The highest BCUT2D eigenvalue weighted by Crippen LogP contribution is 2.37. The van der Waals surface area contributed by atoms with Crippen molar-refractivity contribution < 1.29 is 14.3 Å². The van der Waals surface area contributed by atoms with Gasteiger partial charge in [-0.25, -0.2) is 0 Å². The molecule has 2 heterocycles. The van der Waals surface area contributed by atoms with E-state index in [0.29, 0.717) is 17.1 Å². The number of carbonyl (C=O) groups is 2. The molecule has 2 aliphatic rings. The molecule has 0 radical (unpaired) electrons. The van der Waals surface area contributed by atoms with Crippen LogP contribution >= 0.6 is 0 Å². The Hall–Kier alpha value is -2.88. The smallest absolute Gasteiger partial charge is 0.303 e. The van der Waals surface area contributed by atoms with Crippen LogP contribution in [-0.2, 0) is 9.59 Å². The molecule has 2 aromatic rings. The number of hydrogen-bond donors (Lipinski definition) is 0. The van der Waals surface area contributed by atoms with Crippen molar-refractivity contribution >= 4 is 23.5 Å². The van der Waals surface area contributed by atoms with Crippen molar-refractivity contribution in [3.63, 3.8) is 0 Å². The summed E-state index contributed by atoms with van der Waals surface area (Å²) in [6.07, 6.45) is 1.01. The molecule has 4 rings (SSSR count). The number of amides is 1. The van der Waals surface area contributed by atoms with Crippen molar-refractivity contribution in [2.75, 3.05) is 4.90 Å². The monoisotopic (exact) mass is 277 g/mol. The predicted molar refractivity (Wildman–Crippen MR) is 77.8 cm³/mol. The third-order valence-electron chi connectivity index (χ3n) is 3.66. The van der Waals surface area contributed by atoms with Crippen LogP contribution in [0.3, 0.4) is 0 Å². The van der Waals surface area contributed by atoms with Crippen molar-refractivity contribution in [2.24, 2.45) is 0 Å². The molecule has 2 aromatic carbocycles. The van der Waals surface area contributed by atoms with E-state index in [-0.39, 0.29) is 0 Å².